The summed E-state index contributed by atoms with van der Waals surface area (Å²) in [7, 11) is 4.25. The first-order valence-electron chi connectivity index (χ1n) is 8.42. The highest BCUT2D eigenvalue weighted by atomic mass is 15.1. The third-order valence-corrected chi connectivity index (χ3v) is 4.13. The predicted octanol–water partition coefficient (Wildman–Crippen LogP) is 4.28. The summed E-state index contributed by atoms with van der Waals surface area (Å²) in [5, 5.41) is 3.45. The van der Waals surface area contributed by atoms with Gasteiger partial charge in [0, 0.05) is 18.3 Å². The molecule has 0 amide bonds. The first-order chi connectivity index (χ1) is 11.5. The maximum absolute atomic E-state index is 4.11. The molecular formula is C22H28N2. The molecule has 1 N–H and O–H groups in total. The van der Waals surface area contributed by atoms with Crippen molar-refractivity contribution in [1.29, 1.82) is 0 Å². The Kier molecular flexibility index (Phi) is 6.83. The Bertz CT molecular complexity index is 671. The average molecular weight is 320 g/mol. The number of likely N-dealkylation sites (N-methyl/N-ethyl adjacent to an activating group) is 1. The van der Waals surface area contributed by atoms with E-state index in [0.29, 0.717) is 6.04 Å². The molecule has 0 heterocycles. The van der Waals surface area contributed by atoms with Crippen LogP contribution in [0.2, 0.25) is 0 Å². The van der Waals surface area contributed by atoms with Crippen LogP contribution in [0.1, 0.15) is 16.7 Å². The molecule has 0 bridgehead atoms. The summed E-state index contributed by atoms with van der Waals surface area (Å²) in [6.07, 6.45) is 5.17. The fourth-order valence-corrected chi connectivity index (χ4v) is 2.60. The van der Waals surface area contributed by atoms with E-state index >= 15 is 0 Å². The molecule has 0 radical (unpaired) electrons. The van der Waals surface area contributed by atoms with Crippen molar-refractivity contribution < 1.29 is 0 Å². The third kappa shape index (κ3) is 6.05. The molecule has 126 valence electrons. The van der Waals surface area contributed by atoms with E-state index in [1.54, 1.807) is 0 Å². The summed E-state index contributed by atoms with van der Waals surface area (Å²) in [6.45, 7) is 7.09. The molecule has 0 aromatic heterocycles. The molecule has 0 aliphatic carbocycles. The minimum absolute atomic E-state index is 0.427. The van der Waals surface area contributed by atoms with E-state index in [-0.39, 0.29) is 0 Å². The van der Waals surface area contributed by atoms with Gasteiger partial charge in [-0.3, -0.25) is 0 Å². The van der Waals surface area contributed by atoms with Gasteiger partial charge in [-0.15, -0.1) is 0 Å². The van der Waals surface area contributed by atoms with Crippen LogP contribution in [-0.2, 0) is 6.42 Å². The molecular weight excluding hydrogens is 292 g/mol. The molecule has 0 aliphatic rings. The van der Waals surface area contributed by atoms with E-state index in [1.807, 2.05) is 6.08 Å². The molecule has 2 aromatic rings. The van der Waals surface area contributed by atoms with Gasteiger partial charge in [0.15, 0.2) is 0 Å². The number of allylic oxidation sites excluding steroid dienone is 1. The van der Waals surface area contributed by atoms with Gasteiger partial charge in [0.1, 0.15) is 0 Å². The van der Waals surface area contributed by atoms with Crippen LogP contribution < -0.4 is 5.32 Å². The Morgan fingerprint density at radius 2 is 1.88 bits per heavy atom. The van der Waals surface area contributed by atoms with Crippen molar-refractivity contribution in [3.63, 3.8) is 0 Å². The van der Waals surface area contributed by atoms with Crippen molar-refractivity contribution in [3.05, 3.63) is 89.6 Å². The van der Waals surface area contributed by atoms with Crippen LogP contribution in [0.25, 0.3) is 6.08 Å². The summed E-state index contributed by atoms with van der Waals surface area (Å²) in [5.74, 6) is 0. The first kappa shape index (κ1) is 18.0. The van der Waals surface area contributed by atoms with E-state index in [1.165, 1.54) is 16.7 Å². The second-order valence-electron chi connectivity index (χ2n) is 6.46. The standard InChI is InChI=1S/C22H28N2/c1-18-9-8-12-21(15-18)14-13-19(2)23-17-22(24(3)4)16-20-10-6-5-7-11-20/h5-15,22-23H,2,16-17H2,1,3-4H3/b14-13+. The lowest BCUT2D eigenvalue weighted by Gasteiger charge is -2.25. The second-order valence-corrected chi connectivity index (χ2v) is 6.46. The lowest BCUT2D eigenvalue weighted by atomic mass is 10.1. The van der Waals surface area contributed by atoms with Gasteiger partial charge in [0.05, 0.1) is 0 Å². The van der Waals surface area contributed by atoms with Crippen molar-refractivity contribution in [3.8, 4) is 0 Å². The average Bonchev–Trinajstić information content (AvgIpc) is 2.57. The van der Waals surface area contributed by atoms with Crippen molar-refractivity contribution in [2.45, 2.75) is 19.4 Å². The molecule has 1 atom stereocenters. The number of aryl methyl sites for hydroxylation is 1. The summed E-state index contributed by atoms with van der Waals surface area (Å²) in [6, 6.07) is 19.5. The van der Waals surface area contributed by atoms with Gasteiger partial charge in [0.25, 0.3) is 0 Å². The van der Waals surface area contributed by atoms with Crippen LogP contribution >= 0.6 is 0 Å². The van der Waals surface area contributed by atoms with Gasteiger partial charge in [-0.2, -0.15) is 0 Å². The third-order valence-electron chi connectivity index (χ3n) is 4.13. The molecule has 2 heteroatoms. The lowest BCUT2D eigenvalue weighted by Crippen LogP contribution is -2.38. The highest BCUT2D eigenvalue weighted by molar-refractivity contribution is 5.53. The highest BCUT2D eigenvalue weighted by Crippen LogP contribution is 2.08. The molecule has 2 nitrogen and oxygen atoms in total. The van der Waals surface area contributed by atoms with Crippen molar-refractivity contribution >= 4 is 6.08 Å². The van der Waals surface area contributed by atoms with Gasteiger partial charge >= 0.3 is 0 Å². The maximum atomic E-state index is 4.11. The predicted molar refractivity (Wildman–Crippen MR) is 105 cm³/mol. The smallest absolute Gasteiger partial charge is 0.0306 e. The number of hydrogen-bond acceptors (Lipinski definition) is 2. The van der Waals surface area contributed by atoms with Crippen molar-refractivity contribution in [2.24, 2.45) is 0 Å². The summed E-state index contributed by atoms with van der Waals surface area (Å²) in [5.41, 5.74) is 4.77. The van der Waals surface area contributed by atoms with Crippen LogP contribution in [0.5, 0.6) is 0 Å². The van der Waals surface area contributed by atoms with Crippen LogP contribution in [-0.4, -0.2) is 31.6 Å². The van der Waals surface area contributed by atoms with E-state index in [0.717, 1.165) is 18.7 Å². The largest absolute Gasteiger partial charge is 0.384 e. The SMILES string of the molecule is C=C(/C=C/c1cccc(C)c1)NCC(Cc1ccccc1)N(C)C. The summed E-state index contributed by atoms with van der Waals surface area (Å²) < 4.78 is 0. The zero-order valence-electron chi connectivity index (χ0n) is 15.0. The summed E-state index contributed by atoms with van der Waals surface area (Å²) in [4.78, 5) is 2.26. The zero-order valence-corrected chi connectivity index (χ0v) is 15.0. The monoisotopic (exact) mass is 320 g/mol. The van der Waals surface area contributed by atoms with Gasteiger partial charge in [-0.05, 0) is 44.6 Å². The second kappa shape index (κ2) is 9.09. The number of nitrogens with one attached hydrogen (secondary N) is 1. The van der Waals surface area contributed by atoms with E-state index < -0.39 is 0 Å². The fraction of sp³-hybridized carbons (Fsp3) is 0.273. The Morgan fingerprint density at radius 3 is 2.54 bits per heavy atom. The zero-order chi connectivity index (χ0) is 17.4. The number of rotatable bonds is 8. The van der Waals surface area contributed by atoms with Crippen LogP contribution in [0.3, 0.4) is 0 Å². The molecule has 1 unspecified atom stereocenters. The van der Waals surface area contributed by atoms with E-state index in [4.69, 9.17) is 0 Å². The van der Waals surface area contributed by atoms with Crippen LogP contribution in [0.15, 0.2) is 72.9 Å². The summed E-state index contributed by atoms with van der Waals surface area (Å²) >= 11 is 0. The molecule has 2 rings (SSSR count). The minimum atomic E-state index is 0.427. The lowest BCUT2D eigenvalue weighted by molar-refractivity contribution is 0.287. The van der Waals surface area contributed by atoms with Crippen molar-refractivity contribution in [1.82, 2.24) is 10.2 Å². The fourth-order valence-electron chi connectivity index (χ4n) is 2.60. The number of nitrogens with zero attached hydrogens (tertiary/aromatic N) is 1. The molecule has 0 saturated carbocycles. The Balaban J connectivity index is 1.88. The van der Waals surface area contributed by atoms with E-state index in [9.17, 15) is 0 Å². The molecule has 24 heavy (non-hydrogen) atoms. The molecule has 0 fully saturated rings. The Labute approximate surface area is 146 Å². The molecule has 0 saturated heterocycles. The molecule has 0 aliphatic heterocycles. The topological polar surface area (TPSA) is 15.3 Å². The minimum Gasteiger partial charge on any atom is -0.384 e. The first-order valence-corrected chi connectivity index (χ1v) is 8.42. The van der Waals surface area contributed by atoms with Crippen LogP contribution in [0, 0.1) is 6.92 Å². The molecule has 2 aromatic carbocycles. The number of benzene rings is 2. The Morgan fingerprint density at radius 1 is 1.12 bits per heavy atom. The quantitative estimate of drug-likeness (QED) is 0.730. The maximum Gasteiger partial charge on any atom is 0.0306 e. The van der Waals surface area contributed by atoms with Crippen LogP contribution in [0.4, 0.5) is 0 Å². The highest BCUT2D eigenvalue weighted by Gasteiger charge is 2.11. The molecule has 0 spiro atoms. The van der Waals surface area contributed by atoms with Gasteiger partial charge in [-0.25, -0.2) is 0 Å². The normalized spacial score (nSPS) is 12.5. The van der Waals surface area contributed by atoms with E-state index in [2.05, 4.69) is 98.5 Å². The number of hydrogen-bond donors (Lipinski definition) is 1. The van der Waals surface area contributed by atoms with Crippen molar-refractivity contribution in [2.75, 3.05) is 20.6 Å². The Hall–Kier alpha value is -2.32. The van der Waals surface area contributed by atoms with Gasteiger partial charge in [-0.1, -0.05) is 72.8 Å². The van der Waals surface area contributed by atoms with Gasteiger partial charge in [0.2, 0.25) is 0 Å². The van der Waals surface area contributed by atoms with Gasteiger partial charge < -0.3 is 10.2 Å².